The molecule has 8 nitrogen and oxygen atoms in total. The summed E-state index contributed by atoms with van der Waals surface area (Å²) in [5.74, 6) is 6.67. The van der Waals surface area contributed by atoms with Crippen molar-refractivity contribution in [2.75, 3.05) is 0 Å². The molecule has 0 bridgehead atoms. The first-order chi connectivity index (χ1) is 16.1. The van der Waals surface area contributed by atoms with Crippen LogP contribution in [0.1, 0.15) is 53.2 Å². The van der Waals surface area contributed by atoms with E-state index in [1.165, 1.54) is 29.6 Å². The van der Waals surface area contributed by atoms with Crippen LogP contribution in [0.25, 0.3) is 22.4 Å². The number of hydrogen-bond donors (Lipinski definition) is 1. The largest absolute Gasteiger partial charge is 0.298 e. The summed E-state index contributed by atoms with van der Waals surface area (Å²) in [7, 11) is 0. The van der Waals surface area contributed by atoms with Crippen LogP contribution in [0.15, 0.2) is 73.6 Å². The lowest BCUT2D eigenvalue weighted by atomic mass is 9.96. The van der Waals surface area contributed by atoms with E-state index in [2.05, 4.69) is 37.7 Å². The quantitative estimate of drug-likeness (QED) is 0.255. The van der Waals surface area contributed by atoms with Crippen LogP contribution in [0.4, 0.5) is 0 Å². The van der Waals surface area contributed by atoms with E-state index >= 15 is 0 Å². The van der Waals surface area contributed by atoms with E-state index in [0.29, 0.717) is 17.1 Å². The van der Waals surface area contributed by atoms with E-state index in [4.69, 9.17) is 5.84 Å². The Hall–Kier alpha value is -4.04. The molecule has 2 N–H and O–H groups in total. The maximum Gasteiger partial charge on any atom is 0.273 e. The van der Waals surface area contributed by atoms with E-state index in [0.717, 1.165) is 22.3 Å². The molecule has 1 aliphatic rings. The summed E-state index contributed by atoms with van der Waals surface area (Å²) in [5.41, 5.74) is 6.23. The van der Waals surface area contributed by atoms with Gasteiger partial charge >= 0.3 is 0 Å². The van der Waals surface area contributed by atoms with Crippen LogP contribution in [0.5, 0.6) is 0 Å². The van der Waals surface area contributed by atoms with Crippen molar-refractivity contribution in [2.45, 2.75) is 31.7 Å². The highest BCUT2D eigenvalue weighted by Gasteiger charge is 2.31. The van der Waals surface area contributed by atoms with Gasteiger partial charge in [-0.05, 0) is 48.9 Å². The fourth-order valence-electron chi connectivity index (χ4n) is 4.52. The van der Waals surface area contributed by atoms with Crippen molar-refractivity contribution in [1.29, 1.82) is 0 Å². The summed E-state index contributed by atoms with van der Waals surface area (Å²) >= 11 is 0. The smallest absolute Gasteiger partial charge is 0.273 e. The third-order valence-electron chi connectivity index (χ3n) is 6.44. The van der Waals surface area contributed by atoms with Crippen LogP contribution in [-0.2, 0) is 0 Å². The first-order valence-electron chi connectivity index (χ1n) is 11.0. The second-order valence-electron chi connectivity index (χ2n) is 8.53. The van der Waals surface area contributed by atoms with Gasteiger partial charge in [-0.1, -0.05) is 30.3 Å². The number of aromatic nitrogens is 5. The van der Waals surface area contributed by atoms with Gasteiger partial charge in [-0.15, -0.1) is 0 Å². The molecule has 1 atom stereocenters. The molecule has 33 heavy (non-hydrogen) atoms. The highest BCUT2D eigenvalue weighted by molar-refractivity contribution is 5.99. The second kappa shape index (κ2) is 7.53. The number of imidazole rings is 1. The summed E-state index contributed by atoms with van der Waals surface area (Å²) in [6, 6.07) is 13.7. The standard InChI is InChI=1S/C25H23N7O/c1-16(32(26)25(33)21-13-29-31-11-5-10-28-24(21)31)19-12-20(17-8-9-17)22-14-27-15-30(22)23(19)18-6-3-2-4-7-18/h2-7,10-17H,8-9,26H2,1H3. The summed E-state index contributed by atoms with van der Waals surface area (Å²) in [6.45, 7) is 1.96. The van der Waals surface area contributed by atoms with Crippen molar-refractivity contribution in [3.63, 3.8) is 0 Å². The molecule has 5 aromatic rings. The average Bonchev–Trinajstić information content (AvgIpc) is 3.42. The highest BCUT2D eigenvalue weighted by atomic mass is 16.2. The van der Waals surface area contributed by atoms with Crippen LogP contribution in [-0.4, -0.2) is 34.9 Å². The fourth-order valence-corrected chi connectivity index (χ4v) is 4.52. The van der Waals surface area contributed by atoms with E-state index in [1.54, 1.807) is 23.0 Å². The maximum absolute atomic E-state index is 13.4. The molecule has 8 heteroatoms. The van der Waals surface area contributed by atoms with E-state index < -0.39 is 6.04 Å². The Morgan fingerprint density at radius 3 is 2.79 bits per heavy atom. The zero-order chi connectivity index (χ0) is 22.5. The zero-order valence-corrected chi connectivity index (χ0v) is 18.2. The van der Waals surface area contributed by atoms with Crippen molar-refractivity contribution < 1.29 is 4.79 Å². The lowest BCUT2D eigenvalue weighted by Gasteiger charge is -2.27. The van der Waals surface area contributed by atoms with Crippen molar-refractivity contribution in [2.24, 2.45) is 5.84 Å². The molecule has 4 heterocycles. The third-order valence-corrected chi connectivity index (χ3v) is 6.44. The number of nitrogens with zero attached hydrogens (tertiary/aromatic N) is 6. The Labute approximate surface area is 190 Å². The number of hydrogen-bond acceptors (Lipinski definition) is 5. The number of rotatable bonds is 5. The van der Waals surface area contributed by atoms with Crippen molar-refractivity contribution in [1.82, 2.24) is 29.0 Å². The lowest BCUT2D eigenvalue weighted by molar-refractivity contribution is 0.0692. The van der Waals surface area contributed by atoms with Gasteiger partial charge in [-0.25, -0.2) is 20.3 Å². The predicted octanol–water partition coefficient (Wildman–Crippen LogP) is 4.00. The Morgan fingerprint density at radius 1 is 1.18 bits per heavy atom. The normalized spacial score (nSPS) is 14.6. The van der Waals surface area contributed by atoms with Crippen LogP contribution >= 0.6 is 0 Å². The number of amides is 1. The van der Waals surface area contributed by atoms with Gasteiger partial charge in [0, 0.05) is 18.0 Å². The van der Waals surface area contributed by atoms with Crippen molar-refractivity contribution in [3.05, 3.63) is 90.3 Å². The Morgan fingerprint density at radius 2 is 2.00 bits per heavy atom. The molecule has 4 aromatic heterocycles. The van der Waals surface area contributed by atoms with Crippen LogP contribution in [0.2, 0.25) is 0 Å². The highest BCUT2D eigenvalue weighted by Crippen LogP contribution is 2.45. The zero-order valence-electron chi connectivity index (χ0n) is 18.2. The minimum Gasteiger partial charge on any atom is -0.298 e. The number of carbonyl (C=O) groups is 1. The minimum absolute atomic E-state index is 0.325. The Balaban J connectivity index is 1.49. The van der Waals surface area contributed by atoms with Crippen molar-refractivity contribution >= 4 is 17.1 Å². The monoisotopic (exact) mass is 437 g/mol. The average molecular weight is 438 g/mol. The molecule has 1 fully saturated rings. The molecule has 1 amide bonds. The van der Waals surface area contributed by atoms with Gasteiger partial charge < -0.3 is 0 Å². The SMILES string of the molecule is CC(c1cc(C2CC2)c2cncn2c1-c1ccccc1)N(N)C(=O)c1cnn2cccnc12. The Kier molecular flexibility index (Phi) is 4.48. The summed E-state index contributed by atoms with van der Waals surface area (Å²) in [5, 5.41) is 5.52. The van der Waals surface area contributed by atoms with Crippen LogP contribution in [0, 0.1) is 0 Å². The second-order valence-corrected chi connectivity index (χ2v) is 8.53. The van der Waals surface area contributed by atoms with Crippen LogP contribution < -0.4 is 5.84 Å². The maximum atomic E-state index is 13.4. The number of benzene rings is 1. The molecule has 0 spiro atoms. The topological polar surface area (TPSA) is 93.8 Å². The molecule has 1 saturated carbocycles. The molecule has 1 unspecified atom stereocenters. The molecule has 0 radical (unpaired) electrons. The van der Waals surface area contributed by atoms with Gasteiger partial charge in [0.25, 0.3) is 5.91 Å². The van der Waals surface area contributed by atoms with Crippen LogP contribution in [0.3, 0.4) is 0 Å². The summed E-state index contributed by atoms with van der Waals surface area (Å²) < 4.78 is 3.70. The number of nitrogens with two attached hydrogens (primary N) is 1. The molecular formula is C25H23N7O. The van der Waals surface area contributed by atoms with E-state index in [1.807, 2.05) is 37.6 Å². The molecular weight excluding hydrogens is 414 g/mol. The predicted molar refractivity (Wildman–Crippen MR) is 124 cm³/mol. The van der Waals surface area contributed by atoms with Gasteiger partial charge in [-0.3, -0.25) is 14.2 Å². The van der Waals surface area contributed by atoms with Gasteiger partial charge in [0.15, 0.2) is 5.65 Å². The number of pyridine rings is 1. The van der Waals surface area contributed by atoms with Crippen molar-refractivity contribution in [3.8, 4) is 11.3 Å². The van der Waals surface area contributed by atoms with Gasteiger partial charge in [0.1, 0.15) is 5.56 Å². The number of fused-ring (bicyclic) bond motifs is 2. The van der Waals surface area contributed by atoms with E-state index in [-0.39, 0.29) is 5.91 Å². The molecule has 0 aliphatic heterocycles. The first-order valence-corrected chi connectivity index (χ1v) is 11.0. The fraction of sp³-hybridized carbons (Fsp3) is 0.200. The Bertz CT molecular complexity index is 1480. The molecule has 1 aromatic carbocycles. The lowest BCUT2D eigenvalue weighted by Crippen LogP contribution is -2.40. The van der Waals surface area contributed by atoms with Gasteiger partial charge in [0.05, 0.1) is 36.0 Å². The summed E-state index contributed by atoms with van der Waals surface area (Å²) in [6.07, 6.45) is 11.0. The van der Waals surface area contributed by atoms with Gasteiger partial charge in [-0.2, -0.15) is 5.10 Å². The molecule has 6 rings (SSSR count). The summed E-state index contributed by atoms with van der Waals surface area (Å²) in [4.78, 5) is 22.2. The third kappa shape index (κ3) is 3.18. The molecule has 0 saturated heterocycles. The molecule has 1 aliphatic carbocycles. The first kappa shape index (κ1) is 19.6. The molecule has 164 valence electrons. The minimum atomic E-state index is -0.393. The number of carbonyl (C=O) groups excluding carboxylic acids is 1. The van der Waals surface area contributed by atoms with Gasteiger partial charge in [0.2, 0.25) is 0 Å². The van der Waals surface area contributed by atoms with E-state index in [9.17, 15) is 4.79 Å². The number of hydrazine groups is 1.